The number of carbonyl (C=O) groups excluding carboxylic acids is 1. The Kier molecular flexibility index (Phi) is 4.48. The van der Waals surface area contributed by atoms with Crippen LogP contribution in [0.5, 0.6) is 0 Å². The highest BCUT2D eigenvalue weighted by molar-refractivity contribution is 5.89. The van der Waals surface area contributed by atoms with Crippen molar-refractivity contribution in [2.75, 3.05) is 13.6 Å². The number of benzene rings is 1. The van der Waals surface area contributed by atoms with Gasteiger partial charge in [0.2, 0.25) is 0 Å². The molecule has 0 aromatic heterocycles. The van der Waals surface area contributed by atoms with E-state index in [4.69, 9.17) is 4.74 Å². The molecule has 1 aliphatic rings. The zero-order valence-corrected chi connectivity index (χ0v) is 12.9. The summed E-state index contributed by atoms with van der Waals surface area (Å²) in [7, 11) is 2.14. The van der Waals surface area contributed by atoms with Gasteiger partial charge in [-0.15, -0.1) is 0 Å². The van der Waals surface area contributed by atoms with Gasteiger partial charge >= 0.3 is 5.97 Å². The predicted octanol–water partition coefficient (Wildman–Crippen LogP) is 3.35. The maximum Gasteiger partial charge on any atom is 0.338 e. The molecule has 1 saturated heterocycles. The fraction of sp³-hybridized carbons (Fsp3) is 0.588. The molecule has 1 fully saturated rings. The van der Waals surface area contributed by atoms with Crippen molar-refractivity contribution in [3.05, 3.63) is 35.9 Å². The van der Waals surface area contributed by atoms with Gasteiger partial charge in [0.1, 0.15) is 5.60 Å². The Bertz CT molecular complexity index is 459. The van der Waals surface area contributed by atoms with Crippen molar-refractivity contribution in [3.8, 4) is 0 Å². The molecule has 0 saturated carbocycles. The molecule has 3 atom stereocenters. The Labute approximate surface area is 121 Å². The van der Waals surface area contributed by atoms with Gasteiger partial charge in [-0.2, -0.15) is 0 Å². The lowest BCUT2D eigenvalue weighted by Crippen LogP contribution is -2.55. The third-order valence-electron chi connectivity index (χ3n) is 4.76. The predicted molar refractivity (Wildman–Crippen MR) is 80.8 cm³/mol. The van der Waals surface area contributed by atoms with Gasteiger partial charge in [-0.3, -0.25) is 0 Å². The average Bonchev–Trinajstić information content (AvgIpc) is 2.45. The third kappa shape index (κ3) is 2.88. The second-order valence-corrected chi connectivity index (χ2v) is 6.07. The average molecular weight is 275 g/mol. The summed E-state index contributed by atoms with van der Waals surface area (Å²) in [6.45, 7) is 7.47. The van der Waals surface area contributed by atoms with Gasteiger partial charge in [0.05, 0.1) is 5.56 Å². The topological polar surface area (TPSA) is 29.5 Å². The van der Waals surface area contributed by atoms with Crippen molar-refractivity contribution in [3.63, 3.8) is 0 Å². The van der Waals surface area contributed by atoms with E-state index in [2.05, 4.69) is 32.7 Å². The van der Waals surface area contributed by atoms with Crippen LogP contribution in [0.15, 0.2) is 30.3 Å². The maximum absolute atomic E-state index is 12.4. The van der Waals surface area contributed by atoms with Crippen LogP contribution < -0.4 is 0 Å². The lowest BCUT2D eigenvalue weighted by Gasteiger charge is -2.47. The molecule has 0 unspecified atom stereocenters. The first-order valence-corrected chi connectivity index (χ1v) is 7.47. The summed E-state index contributed by atoms with van der Waals surface area (Å²) in [4.78, 5) is 14.7. The van der Waals surface area contributed by atoms with Gasteiger partial charge < -0.3 is 9.64 Å². The first kappa shape index (κ1) is 15.0. The van der Waals surface area contributed by atoms with E-state index in [0.29, 0.717) is 17.5 Å². The Morgan fingerprint density at radius 1 is 1.35 bits per heavy atom. The molecule has 20 heavy (non-hydrogen) atoms. The zero-order valence-electron chi connectivity index (χ0n) is 12.9. The number of esters is 1. The summed E-state index contributed by atoms with van der Waals surface area (Å²) in [5.74, 6) is 0.150. The normalized spacial score (nSPS) is 31.0. The minimum atomic E-state index is -0.334. The molecule has 1 aromatic rings. The van der Waals surface area contributed by atoms with Crippen molar-refractivity contribution in [1.82, 2.24) is 4.90 Å². The molecule has 1 heterocycles. The molecule has 110 valence electrons. The molecule has 0 spiro atoms. The van der Waals surface area contributed by atoms with Gasteiger partial charge in [0, 0.05) is 24.9 Å². The van der Waals surface area contributed by atoms with E-state index in [1.54, 1.807) is 0 Å². The SMILES string of the molecule is CC[C@]1(OC(=O)c2ccccc2)C[C@@H](C)N(C)C[C@@H]1C. The Morgan fingerprint density at radius 2 is 2.00 bits per heavy atom. The van der Waals surface area contributed by atoms with E-state index in [1.165, 1.54) is 0 Å². The van der Waals surface area contributed by atoms with Crippen LogP contribution in [0.2, 0.25) is 0 Å². The molecule has 0 aliphatic carbocycles. The first-order valence-electron chi connectivity index (χ1n) is 7.47. The quantitative estimate of drug-likeness (QED) is 0.792. The van der Waals surface area contributed by atoms with Crippen LogP contribution >= 0.6 is 0 Å². The molecular formula is C17H25NO2. The second-order valence-electron chi connectivity index (χ2n) is 6.07. The van der Waals surface area contributed by atoms with Gasteiger partial charge in [0.25, 0.3) is 0 Å². The van der Waals surface area contributed by atoms with E-state index in [0.717, 1.165) is 19.4 Å². The number of rotatable bonds is 3. The maximum atomic E-state index is 12.4. The van der Waals surface area contributed by atoms with E-state index in [-0.39, 0.29) is 11.6 Å². The zero-order chi connectivity index (χ0) is 14.8. The van der Waals surface area contributed by atoms with Crippen molar-refractivity contribution < 1.29 is 9.53 Å². The molecular weight excluding hydrogens is 250 g/mol. The summed E-state index contributed by atoms with van der Waals surface area (Å²) >= 11 is 0. The highest BCUT2D eigenvalue weighted by Gasteiger charge is 2.44. The van der Waals surface area contributed by atoms with Crippen LogP contribution in [0.3, 0.4) is 0 Å². The van der Waals surface area contributed by atoms with Crippen molar-refractivity contribution in [1.29, 1.82) is 0 Å². The molecule has 0 bridgehead atoms. The van der Waals surface area contributed by atoms with Crippen molar-refractivity contribution in [2.24, 2.45) is 5.92 Å². The minimum absolute atomic E-state index is 0.198. The fourth-order valence-corrected chi connectivity index (χ4v) is 3.16. The molecule has 2 rings (SSSR count). The number of carbonyl (C=O) groups is 1. The first-order chi connectivity index (χ1) is 9.48. The summed E-state index contributed by atoms with van der Waals surface area (Å²) < 4.78 is 5.98. The molecule has 1 aliphatic heterocycles. The highest BCUT2D eigenvalue weighted by Crippen LogP contribution is 2.37. The Morgan fingerprint density at radius 3 is 2.60 bits per heavy atom. The number of hydrogen-bond acceptors (Lipinski definition) is 3. The number of nitrogens with zero attached hydrogens (tertiary/aromatic N) is 1. The number of likely N-dealkylation sites (tertiary alicyclic amines) is 1. The van der Waals surface area contributed by atoms with Crippen LogP contribution in [0, 0.1) is 5.92 Å². The van der Waals surface area contributed by atoms with E-state index in [9.17, 15) is 4.79 Å². The van der Waals surface area contributed by atoms with Crippen LogP contribution in [-0.4, -0.2) is 36.1 Å². The second kappa shape index (κ2) is 5.96. The molecule has 0 amide bonds. The van der Waals surface area contributed by atoms with Crippen LogP contribution in [0.4, 0.5) is 0 Å². The summed E-state index contributed by atoms with van der Waals surface area (Å²) in [5, 5.41) is 0. The summed E-state index contributed by atoms with van der Waals surface area (Å²) in [6, 6.07) is 9.72. The molecule has 3 nitrogen and oxygen atoms in total. The standard InChI is InChI=1S/C17H25NO2/c1-5-17(11-14(3)18(4)12-13(17)2)20-16(19)15-9-7-6-8-10-15/h6-10,13-14H,5,11-12H2,1-4H3/t13-,14+,17-/m0/s1. The monoisotopic (exact) mass is 275 g/mol. The fourth-order valence-electron chi connectivity index (χ4n) is 3.16. The third-order valence-corrected chi connectivity index (χ3v) is 4.76. The van der Waals surface area contributed by atoms with E-state index < -0.39 is 0 Å². The highest BCUT2D eigenvalue weighted by atomic mass is 16.6. The lowest BCUT2D eigenvalue weighted by molar-refractivity contribution is -0.0954. The smallest absolute Gasteiger partial charge is 0.338 e. The van der Waals surface area contributed by atoms with Crippen LogP contribution in [-0.2, 0) is 4.74 Å². The molecule has 0 N–H and O–H groups in total. The van der Waals surface area contributed by atoms with Gasteiger partial charge in [-0.05, 0) is 32.5 Å². The van der Waals surface area contributed by atoms with Gasteiger partial charge in [0.15, 0.2) is 0 Å². The molecule has 3 heteroatoms. The summed E-state index contributed by atoms with van der Waals surface area (Å²) in [6.07, 6.45) is 1.77. The van der Waals surface area contributed by atoms with Gasteiger partial charge in [-0.25, -0.2) is 4.79 Å². The van der Waals surface area contributed by atoms with E-state index >= 15 is 0 Å². The lowest BCUT2D eigenvalue weighted by atomic mass is 9.77. The van der Waals surface area contributed by atoms with Crippen molar-refractivity contribution in [2.45, 2.75) is 45.3 Å². The molecule has 1 aromatic carbocycles. The van der Waals surface area contributed by atoms with Crippen LogP contribution in [0.1, 0.15) is 44.0 Å². The van der Waals surface area contributed by atoms with E-state index in [1.807, 2.05) is 30.3 Å². The van der Waals surface area contributed by atoms with Crippen molar-refractivity contribution >= 4 is 5.97 Å². The number of piperidine rings is 1. The number of hydrogen-bond donors (Lipinski definition) is 0. The minimum Gasteiger partial charge on any atom is -0.455 e. The number of ether oxygens (including phenoxy) is 1. The summed E-state index contributed by atoms with van der Waals surface area (Å²) in [5.41, 5.74) is 0.304. The molecule has 0 radical (unpaired) electrons. The Balaban J connectivity index is 2.17. The Hall–Kier alpha value is -1.35. The largest absolute Gasteiger partial charge is 0.455 e. The van der Waals surface area contributed by atoms with Crippen LogP contribution in [0.25, 0.3) is 0 Å². The van der Waals surface area contributed by atoms with Gasteiger partial charge in [-0.1, -0.05) is 32.0 Å².